The molecule has 1 aromatic heterocycles. The van der Waals surface area contributed by atoms with Crippen LogP contribution in [0.5, 0.6) is 11.6 Å². The highest BCUT2D eigenvalue weighted by atomic mass is 16.5. The Morgan fingerprint density at radius 2 is 2.11 bits per heavy atom. The van der Waals surface area contributed by atoms with Crippen LogP contribution in [0.25, 0.3) is 0 Å². The third-order valence-corrected chi connectivity index (χ3v) is 3.02. The second kappa shape index (κ2) is 4.85. The van der Waals surface area contributed by atoms with Gasteiger partial charge in [-0.2, -0.15) is 4.98 Å². The average molecular weight is 256 g/mol. The van der Waals surface area contributed by atoms with Crippen molar-refractivity contribution >= 4 is 5.82 Å². The van der Waals surface area contributed by atoms with E-state index in [4.69, 9.17) is 10.6 Å². The molecule has 2 aromatic rings. The van der Waals surface area contributed by atoms with Gasteiger partial charge in [-0.05, 0) is 37.5 Å². The van der Waals surface area contributed by atoms with Crippen molar-refractivity contribution in [2.45, 2.75) is 25.7 Å². The van der Waals surface area contributed by atoms with Crippen molar-refractivity contribution in [3.8, 4) is 11.6 Å². The number of nitrogens with zero attached hydrogens (tertiary/aromatic N) is 2. The lowest BCUT2D eigenvalue weighted by atomic mass is 10.2. The largest absolute Gasteiger partial charge is 0.439 e. The third kappa shape index (κ3) is 2.82. The number of rotatable bonds is 4. The van der Waals surface area contributed by atoms with Crippen LogP contribution < -0.4 is 16.0 Å². The normalized spacial score (nSPS) is 14.2. The second-order valence-corrected chi connectivity index (χ2v) is 4.79. The molecule has 0 spiro atoms. The summed E-state index contributed by atoms with van der Waals surface area (Å²) in [7, 11) is 0. The Hall–Kier alpha value is -2.14. The van der Waals surface area contributed by atoms with Crippen molar-refractivity contribution in [1.82, 2.24) is 9.97 Å². The van der Waals surface area contributed by atoms with Crippen LogP contribution in [-0.4, -0.2) is 9.97 Å². The lowest BCUT2D eigenvalue weighted by Gasteiger charge is -2.09. The summed E-state index contributed by atoms with van der Waals surface area (Å²) >= 11 is 0. The minimum Gasteiger partial charge on any atom is -0.439 e. The van der Waals surface area contributed by atoms with Gasteiger partial charge in [0.2, 0.25) is 5.88 Å². The maximum atomic E-state index is 5.77. The van der Waals surface area contributed by atoms with Crippen LogP contribution in [0, 0.1) is 6.92 Å². The molecule has 5 nitrogen and oxygen atoms in total. The van der Waals surface area contributed by atoms with Crippen LogP contribution in [0.15, 0.2) is 30.3 Å². The van der Waals surface area contributed by atoms with E-state index < -0.39 is 0 Å². The first-order valence-corrected chi connectivity index (χ1v) is 6.35. The Morgan fingerprint density at radius 3 is 2.79 bits per heavy atom. The van der Waals surface area contributed by atoms with E-state index in [1.807, 2.05) is 31.2 Å². The van der Waals surface area contributed by atoms with E-state index in [2.05, 4.69) is 15.4 Å². The van der Waals surface area contributed by atoms with Crippen LogP contribution in [0.1, 0.15) is 30.1 Å². The predicted octanol–water partition coefficient (Wildman–Crippen LogP) is 2.74. The van der Waals surface area contributed by atoms with Crippen LogP contribution in [-0.2, 0) is 0 Å². The average Bonchev–Trinajstić information content (AvgIpc) is 3.22. The molecule has 98 valence electrons. The van der Waals surface area contributed by atoms with Gasteiger partial charge < -0.3 is 10.2 Å². The molecule has 0 atom stereocenters. The molecule has 1 fully saturated rings. The van der Waals surface area contributed by atoms with Gasteiger partial charge in [-0.25, -0.2) is 10.8 Å². The zero-order chi connectivity index (χ0) is 13.2. The van der Waals surface area contributed by atoms with E-state index in [1.54, 1.807) is 6.07 Å². The molecule has 1 aliphatic carbocycles. The molecular formula is C14H16N4O. The Balaban J connectivity index is 1.89. The number of benzene rings is 1. The number of hydrogen-bond donors (Lipinski definition) is 2. The fourth-order valence-electron chi connectivity index (χ4n) is 1.89. The molecular weight excluding hydrogens is 240 g/mol. The second-order valence-electron chi connectivity index (χ2n) is 4.79. The Bertz CT molecular complexity index is 596. The molecule has 0 unspecified atom stereocenters. The topological polar surface area (TPSA) is 73.1 Å². The quantitative estimate of drug-likeness (QED) is 0.650. The maximum absolute atomic E-state index is 5.77. The number of ether oxygens (including phenoxy) is 1. The molecule has 5 heteroatoms. The summed E-state index contributed by atoms with van der Waals surface area (Å²) in [5.41, 5.74) is 3.70. The number of hydrazine groups is 1. The maximum Gasteiger partial charge on any atom is 0.224 e. The fraction of sp³-hybridized carbons (Fsp3) is 0.286. The minimum atomic E-state index is 0.452. The van der Waals surface area contributed by atoms with Gasteiger partial charge in [0.15, 0.2) is 0 Å². The lowest BCUT2D eigenvalue weighted by Crippen LogP contribution is -2.10. The van der Waals surface area contributed by atoms with Crippen LogP contribution in [0.3, 0.4) is 0 Å². The summed E-state index contributed by atoms with van der Waals surface area (Å²) in [5.74, 6) is 8.56. The van der Waals surface area contributed by atoms with Gasteiger partial charge in [0.1, 0.15) is 17.4 Å². The zero-order valence-corrected chi connectivity index (χ0v) is 10.8. The van der Waals surface area contributed by atoms with Gasteiger partial charge in [-0.15, -0.1) is 0 Å². The number of nitrogens with two attached hydrogens (primary N) is 1. The molecule has 0 radical (unpaired) electrons. The highest BCUT2D eigenvalue weighted by Gasteiger charge is 2.27. The number of hydrogen-bond acceptors (Lipinski definition) is 5. The van der Waals surface area contributed by atoms with Crippen molar-refractivity contribution in [3.05, 3.63) is 41.7 Å². The smallest absolute Gasteiger partial charge is 0.224 e. The Morgan fingerprint density at radius 1 is 1.26 bits per heavy atom. The molecule has 3 N–H and O–H groups in total. The molecule has 1 aromatic carbocycles. The van der Waals surface area contributed by atoms with Gasteiger partial charge in [-0.1, -0.05) is 12.1 Å². The molecule has 0 aliphatic heterocycles. The van der Waals surface area contributed by atoms with Gasteiger partial charge in [0.05, 0.1) is 0 Å². The van der Waals surface area contributed by atoms with Crippen LogP contribution >= 0.6 is 0 Å². The van der Waals surface area contributed by atoms with Crippen LogP contribution in [0.4, 0.5) is 5.82 Å². The Labute approximate surface area is 111 Å². The SMILES string of the molecule is Cc1cccc(Oc2cc(NN)nc(C3CC3)n2)c1. The van der Waals surface area contributed by atoms with E-state index in [-0.39, 0.29) is 0 Å². The van der Waals surface area contributed by atoms with Crippen molar-refractivity contribution in [2.75, 3.05) is 5.43 Å². The highest BCUT2D eigenvalue weighted by Crippen LogP contribution is 2.39. The highest BCUT2D eigenvalue weighted by molar-refractivity contribution is 5.40. The van der Waals surface area contributed by atoms with Crippen molar-refractivity contribution in [1.29, 1.82) is 0 Å². The monoisotopic (exact) mass is 256 g/mol. The van der Waals surface area contributed by atoms with E-state index >= 15 is 0 Å². The molecule has 0 bridgehead atoms. The summed E-state index contributed by atoms with van der Waals surface area (Å²) in [6, 6.07) is 9.55. The number of aryl methyl sites for hydroxylation is 1. The van der Waals surface area contributed by atoms with Crippen molar-refractivity contribution < 1.29 is 4.74 Å². The minimum absolute atomic E-state index is 0.452. The van der Waals surface area contributed by atoms with E-state index in [9.17, 15) is 0 Å². The number of anilines is 1. The fourth-order valence-corrected chi connectivity index (χ4v) is 1.89. The summed E-state index contributed by atoms with van der Waals surface area (Å²) in [5, 5.41) is 0. The Kier molecular flexibility index (Phi) is 3.05. The van der Waals surface area contributed by atoms with E-state index in [1.165, 1.54) is 0 Å². The molecule has 1 heterocycles. The van der Waals surface area contributed by atoms with Gasteiger partial charge >= 0.3 is 0 Å². The van der Waals surface area contributed by atoms with Crippen LogP contribution in [0.2, 0.25) is 0 Å². The summed E-state index contributed by atoms with van der Waals surface area (Å²) in [6.45, 7) is 2.02. The molecule has 0 amide bonds. The molecule has 1 saturated carbocycles. The summed E-state index contributed by atoms with van der Waals surface area (Å²) < 4.78 is 5.77. The van der Waals surface area contributed by atoms with E-state index in [0.717, 1.165) is 30.0 Å². The van der Waals surface area contributed by atoms with Gasteiger partial charge in [0.25, 0.3) is 0 Å². The van der Waals surface area contributed by atoms with Gasteiger partial charge in [-0.3, -0.25) is 0 Å². The first-order valence-electron chi connectivity index (χ1n) is 6.35. The summed E-state index contributed by atoms with van der Waals surface area (Å²) in [4.78, 5) is 8.79. The van der Waals surface area contributed by atoms with Crippen molar-refractivity contribution in [2.24, 2.45) is 5.84 Å². The lowest BCUT2D eigenvalue weighted by molar-refractivity contribution is 0.458. The number of aromatic nitrogens is 2. The molecule has 19 heavy (non-hydrogen) atoms. The standard InChI is InChI=1S/C14H16N4O/c1-9-3-2-4-11(7-9)19-13-8-12(18-15)16-14(17-13)10-5-6-10/h2-4,7-8,10H,5-6,15H2,1H3,(H,16,17,18). The molecule has 1 aliphatic rings. The predicted molar refractivity (Wildman–Crippen MR) is 73.1 cm³/mol. The first kappa shape index (κ1) is 11.9. The van der Waals surface area contributed by atoms with Gasteiger partial charge in [0, 0.05) is 12.0 Å². The first-order chi connectivity index (χ1) is 9.24. The van der Waals surface area contributed by atoms with Crippen molar-refractivity contribution in [3.63, 3.8) is 0 Å². The summed E-state index contributed by atoms with van der Waals surface area (Å²) in [6.07, 6.45) is 2.27. The molecule has 0 saturated heterocycles. The molecule has 3 rings (SSSR count). The number of nitrogen functional groups attached to an aromatic ring is 1. The number of nitrogens with one attached hydrogen (secondary N) is 1. The van der Waals surface area contributed by atoms with E-state index in [0.29, 0.717) is 17.6 Å². The third-order valence-electron chi connectivity index (χ3n) is 3.02. The zero-order valence-electron chi connectivity index (χ0n) is 10.8.